The van der Waals surface area contributed by atoms with Gasteiger partial charge in [0, 0.05) is 23.2 Å². The molecule has 3 aromatic rings. The maximum Gasteiger partial charge on any atom is 0.262 e. The summed E-state index contributed by atoms with van der Waals surface area (Å²) in [4.78, 5) is 26.5. The van der Waals surface area contributed by atoms with Crippen LogP contribution >= 0.6 is 0 Å². The highest BCUT2D eigenvalue weighted by Gasteiger charge is 2.49. The van der Waals surface area contributed by atoms with E-state index in [-0.39, 0.29) is 18.4 Å². The number of nitrogens with zero attached hydrogens (tertiary/aromatic N) is 1. The van der Waals surface area contributed by atoms with E-state index in [1.54, 1.807) is 36.4 Å². The third-order valence-corrected chi connectivity index (χ3v) is 5.87. The van der Waals surface area contributed by atoms with E-state index in [2.05, 4.69) is 17.4 Å². The summed E-state index contributed by atoms with van der Waals surface area (Å²) < 4.78 is 5.44. The van der Waals surface area contributed by atoms with Gasteiger partial charge in [-0.05, 0) is 36.6 Å². The maximum absolute atomic E-state index is 13.2. The zero-order chi connectivity index (χ0) is 21.4. The average molecular weight is 414 g/mol. The smallest absolute Gasteiger partial charge is 0.262 e. The number of aliphatic hydroxyl groups is 1. The number of carbonyl (C=O) groups is 2. The SMILES string of the molecule is O=C1COc2ccc(C3(O)c4ccccc4C(=O)N3CCCc3ccccc3)cc2N1. The number of ether oxygens (including phenoxy) is 1. The number of hydrogen-bond acceptors (Lipinski definition) is 4. The second-order valence-electron chi connectivity index (χ2n) is 7.81. The van der Waals surface area contributed by atoms with Gasteiger partial charge in [-0.1, -0.05) is 54.6 Å². The molecule has 0 spiro atoms. The van der Waals surface area contributed by atoms with Crippen LogP contribution in [-0.4, -0.2) is 35.0 Å². The summed E-state index contributed by atoms with van der Waals surface area (Å²) in [7, 11) is 0. The highest BCUT2D eigenvalue weighted by atomic mass is 16.5. The van der Waals surface area contributed by atoms with Gasteiger partial charge in [-0.3, -0.25) is 9.59 Å². The van der Waals surface area contributed by atoms with Crippen LogP contribution in [-0.2, 0) is 16.9 Å². The van der Waals surface area contributed by atoms with Gasteiger partial charge < -0.3 is 20.1 Å². The van der Waals surface area contributed by atoms with Crippen LogP contribution in [0, 0.1) is 0 Å². The van der Waals surface area contributed by atoms with Crippen LogP contribution in [0.5, 0.6) is 5.75 Å². The van der Waals surface area contributed by atoms with E-state index < -0.39 is 5.72 Å². The molecule has 0 saturated carbocycles. The molecule has 6 nitrogen and oxygen atoms in total. The maximum atomic E-state index is 13.2. The summed E-state index contributed by atoms with van der Waals surface area (Å²) in [5, 5.41) is 14.7. The molecule has 6 heteroatoms. The molecule has 2 aliphatic heterocycles. The Hall–Kier alpha value is -3.64. The van der Waals surface area contributed by atoms with Gasteiger partial charge in [0.15, 0.2) is 12.3 Å². The Morgan fingerprint density at radius 2 is 1.77 bits per heavy atom. The number of nitrogens with one attached hydrogen (secondary N) is 1. The number of aryl methyl sites for hydroxylation is 1. The molecule has 0 radical (unpaired) electrons. The molecule has 2 aliphatic rings. The largest absolute Gasteiger partial charge is 0.482 e. The molecular weight excluding hydrogens is 392 g/mol. The zero-order valence-corrected chi connectivity index (χ0v) is 16.9. The fourth-order valence-electron chi connectivity index (χ4n) is 4.37. The van der Waals surface area contributed by atoms with Crippen molar-refractivity contribution in [1.82, 2.24) is 4.90 Å². The van der Waals surface area contributed by atoms with Crippen LogP contribution in [0.1, 0.15) is 33.5 Å². The monoisotopic (exact) mass is 414 g/mol. The number of amides is 2. The van der Waals surface area contributed by atoms with E-state index in [1.165, 1.54) is 10.5 Å². The Bertz CT molecular complexity index is 1160. The molecule has 0 saturated heterocycles. The molecule has 3 aromatic carbocycles. The van der Waals surface area contributed by atoms with Gasteiger partial charge in [-0.15, -0.1) is 0 Å². The Morgan fingerprint density at radius 3 is 2.61 bits per heavy atom. The molecule has 0 bridgehead atoms. The van der Waals surface area contributed by atoms with Crippen molar-refractivity contribution in [1.29, 1.82) is 0 Å². The third kappa shape index (κ3) is 3.25. The first kappa shape index (κ1) is 19.3. The predicted molar refractivity (Wildman–Crippen MR) is 116 cm³/mol. The van der Waals surface area contributed by atoms with E-state index in [0.717, 1.165) is 6.42 Å². The van der Waals surface area contributed by atoms with Crippen LogP contribution in [0.15, 0.2) is 72.8 Å². The molecule has 156 valence electrons. The number of carbonyl (C=O) groups excluding carboxylic acids is 2. The van der Waals surface area contributed by atoms with E-state index >= 15 is 0 Å². The molecule has 0 aromatic heterocycles. The minimum atomic E-state index is -1.62. The van der Waals surface area contributed by atoms with Crippen molar-refractivity contribution in [3.8, 4) is 5.75 Å². The van der Waals surface area contributed by atoms with E-state index in [9.17, 15) is 14.7 Å². The first-order valence-corrected chi connectivity index (χ1v) is 10.3. The minimum Gasteiger partial charge on any atom is -0.482 e. The molecular formula is C25H22N2O4. The van der Waals surface area contributed by atoms with Crippen LogP contribution < -0.4 is 10.1 Å². The van der Waals surface area contributed by atoms with E-state index in [1.807, 2.05) is 24.3 Å². The highest BCUT2D eigenvalue weighted by molar-refractivity contribution is 6.00. The number of benzene rings is 3. The number of rotatable bonds is 5. The molecule has 2 heterocycles. The lowest BCUT2D eigenvalue weighted by atomic mass is 9.93. The van der Waals surface area contributed by atoms with Crippen LogP contribution in [0.2, 0.25) is 0 Å². The van der Waals surface area contributed by atoms with E-state index in [0.29, 0.717) is 41.1 Å². The van der Waals surface area contributed by atoms with E-state index in [4.69, 9.17) is 4.74 Å². The average Bonchev–Trinajstić information content (AvgIpc) is 3.02. The van der Waals surface area contributed by atoms with Crippen molar-refractivity contribution < 1.29 is 19.4 Å². The van der Waals surface area contributed by atoms with Crippen molar-refractivity contribution in [3.63, 3.8) is 0 Å². The Balaban J connectivity index is 1.50. The summed E-state index contributed by atoms with van der Waals surface area (Å²) in [6, 6.07) is 22.3. The summed E-state index contributed by atoms with van der Waals surface area (Å²) in [6.45, 7) is 0.350. The van der Waals surface area contributed by atoms with Gasteiger partial charge >= 0.3 is 0 Å². The van der Waals surface area contributed by atoms with Crippen LogP contribution in [0.4, 0.5) is 5.69 Å². The Morgan fingerprint density at radius 1 is 1.00 bits per heavy atom. The predicted octanol–water partition coefficient (Wildman–Crippen LogP) is 3.30. The lowest BCUT2D eigenvalue weighted by Gasteiger charge is -2.35. The van der Waals surface area contributed by atoms with Crippen LogP contribution in [0.3, 0.4) is 0 Å². The van der Waals surface area contributed by atoms with Crippen molar-refractivity contribution in [2.45, 2.75) is 18.6 Å². The topological polar surface area (TPSA) is 78.9 Å². The van der Waals surface area contributed by atoms with Crippen molar-refractivity contribution >= 4 is 17.5 Å². The summed E-state index contributed by atoms with van der Waals surface area (Å²) in [5.41, 5.74) is 1.59. The molecule has 31 heavy (non-hydrogen) atoms. The molecule has 2 amide bonds. The molecule has 1 atom stereocenters. The normalized spacial score (nSPS) is 19.5. The number of fused-ring (bicyclic) bond motifs is 2. The Kier molecular flexibility index (Phi) is 4.71. The van der Waals surface area contributed by atoms with Crippen LogP contribution in [0.25, 0.3) is 0 Å². The number of anilines is 1. The summed E-state index contributed by atoms with van der Waals surface area (Å²) in [5.74, 6) is 0.0867. The summed E-state index contributed by atoms with van der Waals surface area (Å²) in [6.07, 6.45) is 1.50. The van der Waals surface area contributed by atoms with Gasteiger partial charge in [0.1, 0.15) is 5.75 Å². The lowest BCUT2D eigenvalue weighted by Crippen LogP contribution is -2.45. The fourth-order valence-corrected chi connectivity index (χ4v) is 4.37. The third-order valence-electron chi connectivity index (χ3n) is 5.87. The quantitative estimate of drug-likeness (QED) is 0.672. The second kappa shape index (κ2) is 7.56. The van der Waals surface area contributed by atoms with Crippen molar-refractivity contribution in [2.75, 3.05) is 18.5 Å². The van der Waals surface area contributed by atoms with Gasteiger partial charge in [0.25, 0.3) is 11.8 Å². The number of hydrogen-bond donors (Lipinski definition) is 2. The van der Waals surface area contributed by atoms with Crippen molar-refractivity contribution in [3.05, 3.63) is 95.1 Å². The van der Waals surface area contributed by atoms with Gasteiger partial charge in [-0.2, -0.15) is 0 Å². The Labute approximate surface area is 180 Å². The second-order valence-corrected chi connectivity index (χ2v) is 7.81. The van der Waals surface area contributed by atoms with Gasteiger partial charge in [-0.25, -0.2) is 0 Å². The standard InChI is InChI=1S/C25H22N2O4/c28-23-16-31-22-13-12-18(15-21(22)26-23)25(30)20-11-5-4-10-19(20)24(29)27(25)14-6-9-17-7-2-1-3-8-17/h1-5,7-8,10-13,15,30H,6,9,14,16H2,(H,26,28). The molecule has 1 unspecified atom stereocenters. The first-order valence-electron chi connectivity index (χ1n) is 10.3. The minimum absolute atomic E-state index is 0.0381. The van der Waals surface area contributed by atoms with Gasteiger partial charge in [0.2, 0.25) is 0 Å². The molecule has 5 rings (SSSR count). The molecule has 2 N–H and O–H groups in total. The molecule has 0 aliphatic carbocycles. The van der Waals surface area contributed by atoms with Gasteiger partial charge in [0.05, 0.1) is 5.69 Å². The van der Waals surface area contributed by atoms with Crippen molar-refractivity contribution in [2.24, 2.45) is 0 Å². The fraction of sp³-hybridized carbons (Fsp3) is 0.200. The zero-order valence-electron chi connectivity index (χ0n) is 16.9. The molecule has 0 fully saturated rings. The highest BCUT2D eigenvalue weighted by Crippen LogP contribution is 2.44. The summed E-state index contributed by atoms with van der Waals surface area (Å²) >= 11 is 0. The first-order chi connectivity index (χ1) is 15.1. The lowest BCUT2D eigenvalue weighted by molar-refractivity contribution is -0.118.